The van der Waals surface area contributed by atoms with Crippen LogP contribution in [0.25, 0.3) is 0 Å². The number of unbranched alkanes of at least 4 members (excludes halogenated alkanes) is 15. The smallest absolute Gasteiger partial charge is 0.232 e. The van der Waals surface area contributed by atoms with Gasteiger partial charge in [0.15, 0.2) is 0 Å². The molecule has 3 saturated heterocycles. The van der Waals surface area contributed by atoms with Crippen LogP contribution in [0, 0.1) is 21.7 Å². The van der Waals surface area contributed by atoms with Crippen LogP contribution in [0.1, 0.15) is 494 Å². The average molecular weight is 1740 g/mol. The minimum atomic E-state index is -0.0687. The van der Waals surface area contributed by atoms with E-state index in [9.17, 15) is 0 Å². The van der Waals surface area contributed by atoms with Crippen molar-refractivity contribution in [1.82, 2.24) is 60.8 Å². The number of rotatable bonds is 55. The lowest BCUT2D eigenvalue weighted by Gasteiger charge is -2.50. The third-order valence-corrected chi connectivity index (χ3v) is 28.8. The van der Waals surface area contributed by atoms with E-state index in [1.54, 1.807) is 0 Å². The highest BCUT2D eigenvalue weighted by molar-refractivity contribution is 5.51. The standard InChI is InChI=1S/C106H199N19/c1-30-39-56-81(57-40-31-2)88-107-89(82(58-41-32-3)59-42-33-4)109-92(108-88)124(86-75-103(22,23)117-104(24,25)76-86)67-54-50-48-52-65-122(83-69-97(10,11)79-98(12,13)70-83)95-113-94(121(64-47-38-9)85-73-101(18,19)116-102(20,21)74-85)114-96(115-95)123(84-71-99(14,15)80-100(16,17)72-84)66-53-49-51-55-68-125(87-77-105(26,27)118-106(28,29)78-87)93-111-90(119(60-43-34-5)61-44-35-6)110-91(112-93)120(62-45-36-7)63-46-37-8/h81-87,116-118H,30-80H2,1-29H3. The van der Waals surface area contributed by atoms with Crippen LogP contribution in [-0.2, 0) is 0 Å². The Morgan fingerprint density at radius 2 is 0.416 bits per heavy atom. The maximum atomic E-state index is 6.17. The van der Waals surface area contributed by atoms with E-state index >= 15 is 0 Å². The van der Waals surface area contributed by atoms with Crippen LogP contribution in [-0.4, -0.2) is 167 Å². The lowest BCUT2D eigenvalue weighted by atomic mass is 9.63. The second-order valence-electron chi connectivity index (χ2n) is 48.3. The van der Waals surface area contributed by atoms with Gasteiger partial charge in [-0.05, 0) is 265 Å². The van der Waals surface area contributed by atoms with Crippen LogP contribution >= 0.6 is 0 Å². The second kappa shape index (κ2) is 47.7. The molecule has 2 saturated carbocycles. The van der Waals surface area contributed by atoms with Crippen LogP contribution in [0.3, 0.4) is 0 Å². The minimum absolute atomic E-state index is 0.0389. The van der Waals surface area contributed by atoms with Crippen molar-refractivity contribution >= 4 is 41.6 Å². The van der Waals surface area contributed by atoms with Crippen LogP contribution in [0.5, 0.6) is 0 Å². The molecule has 19 nitrogen and oxygen atoms in total. The van der Waals surface area contributed by atoms with Crippen molar-refractivity contribution in [2.75, 3.05) is 93.2 Å². The van der Waals surface area contributed by atoms with E-state index < -0.39 is 0 Å². The van der Waals surface area contributed by atoms with Crippen LogP contribution in [0.15, 0.2) is 0 Å². The third-order valence-electron chi connectivity index (χ3n) is 28.8. The lowest BCUT2D eigenvalue weighted by Crippen LogP contribution is -2.62. The summed E-state index contributed by atoms with van der Waals surface area (Å²) < 4.78 is 0. The number of hydrogen-bond donors (Lipinski definition) is 3. The summed E-state index contributed by atoms with van der Waals surface area (Å²) in [5.41, 5.74) is 0.238. The monoisotopic (exact) mass is 1740 g/mol. The van der Waals surface area contributed by atoms with Crippen LogP contribution < -0.4 is 50.2 Å². The third kappa shape index (κ3) is 33.6. The highest BCUT2D eigenvalue weighted by Gasteiger charge is 2.48. The molecule has 0 spiro atoms. The Hall–Kier alpha value is -4.49. The zero-order chi connectivity index (χ0) is 91.8. The number of anilines is 7. The second-order valence-corrected chi connectivity index (χ2v) is 48.3. The zero-order valence-electron chi connectivity index (χ0n) is 87.3. The van der Waals surface area contributed by atoms with Gasteiger partial charge in [-0.2, -0.15) is 39.9 Å². The first kappa shape index (κ1) is 106. The van der Waals surface area contributed by atoms with Crippen molar-refractivity contribution in [2.24, 2.45) is 21.7 Å². The quantitative estimate of drug-likeness (QED) is 0.0455. The van der Waals surface area contributed by atoms with E-state index in [1.165, 1.54) is 64.2 Å². The number of piperidine rings is 3. The van der Waals surface area contributed by atoms with E-state index in [2.05, 4.69) is 251 Å². The van der Waals surface area contributed by atoms with Gasteiger partial charge >= 0.3 is 0 Å². The predicted molar refractivity (Wildman–Crippen MR) is 539 cm³/mol. The molecular weight excluding hydrogens is 1540 g/mol. The lowest BCUT2D eigenvalue weighted by molar-refractivity contribution is 0.0942. The van der Waals surface area contributed by atoms with Crippen LogP contribution in [0.4, 0.5) is 41.6 Å². The van der Waals surface area contributed by atoms with Gasteiger partial charge in [0.25, 0.3) is 0 Å². The Labute approximate surface area is 770 Å². The maximum Gasteiger partial charge on any atom is 0.232 e. The number of hydrogen-bond acceptors (Lipinski definition) is 19. The molecule has 0 atom stereocenters. The number of aromatic nitrogens is 9. The van der Waals surface area contributed by atoms with Gasteiger partial charge < -0.3 is 50.2 Å². The molecule has 0 bridgehead atoms. The summed E-state index contributed by atoms with van der Waals surface area (Å²) in [6, 6.07) is 1.34. The Morgan fingerprint density at radius 1 is 0.224 bits per heavy atom. The fraction of sp³-hybridized carbons (Fsp3) is 0.915. The Kier molecular flexibility index (Phi) is 40.4. The molecule has 6 heterocycles. The highest BCUT2D eigenvalue weighted by atomic mass is 15.4. The molecule has 0 radical (unpaired) electrons. The predicted octanol–water partition coefficient (Wildman–Crippen LogP) is 26.5. The molecule has 3 aliphatic heterocycles. The fourth-order valence-corrected chi connectivity index (χ4v) is 24.9. The Morgan fingerprint density at radius 3 is 0.648 bits per heavy atom. The molecule has 0 unspecified atom stereocenters. The summed E-state index contributed by atoms with van der Waals surface area (Å²) in [5.74, 6) is 9.09. The first-order valence-electron chi connectivity index (χ1n) is 52.8. The normalized spacial score (nSPS) is 20.5. The zero-order valence-corrected chi connectivity index (χ0v) is 87.3. The maximum absolute atomic E-state index is 6.17. The largest absolute Gasteiger partial charge is 0.341 e. The van der Waals surface area contributed by atoms with E-state index in [0.717, 1.165) is 318 Å². The van der Waals surface area contributed by atoms with Gasteiger partial charge in [-0.1, -0.05) is 227 Å². The molecular formula is C106H199N19. The minimum Gasteiger partial charge on any atom is -0.341 e. The molecule has 0 amide bonds. The van der Waals surface area contributed by atoms with E-state index in [1.807, 2.05) is 0 Å². The van der Waals surface area contributed by atoms with Crippen molar-refractivity contribution in [3.8, 4) is 0 Å². The molecule has 8 rings (SSSR count). The molecule has 718 valence electrons. The van der Waals surface area contributed by atoms with Gasteiger partial charge in [0.2, 0.25) is 41.6 Å². The first-order chi connectivity index (χ1) is 58.8. The van der Waals surface area contributed by atoms with Crippen molar-refractivity contribution in [2.45, 2.75) is 546 Å². The molecule has 3 aromatic rings. The molecule has 3 aromatic heterocycles. The molecule has 5 fully saturated rings. The van der Waals surface area contributed by atoms with Gasteiger partial charge in [0.1, 0.15) is 11.6 Å². The van der Waals surface area contributed by atoms with Crippen molar-refractivity contribution in [3.05, 3.63) is 11.6 Å². The van der Waals surface area contributed by atoms with Crippen molar-refractivity contribution < 1.29 is 0 Å². The van der Waals surface area contributed by atoms with Gasteiger partial charge in [-0.25, -0.2) is 4.98 Å². The summed E-state index contributed by atoms with van der Waals surface area (Å²) in [6.07, 6.45) is 47.0. The molecule has 125 heavy (non-hydrogen) atoms. The Balaban J connectivity index is 1.20. The van der Waals surface area contributed by atoms with Crippen molar-refractivity contribution in [3.63, 3.8) is 0 Å². The van der Waals surface area contributed by atoms with Gasteiger partial charge in [-0.15, -0.1) is 0 Å². The molecule has 0 aromatic carbocycles. The highest BCUT2D eigenvalue weighted by Crippen LogP contribution is 2.51. The van der Waals surface area contributed by atoms with E-state index in [4.69, 9.17) is 44.9 Å². The van der Waals surface area contributed by atoms with Gasteiger partial charge in [0, 0.05) is 134 Å². The summed E-state index contributed by atoms with van der Waals surface area (Å²) in [6.45, 7) is 78.8. The summed E-state index contributed by atoms with van der Waals surface area (Å²) in [4.78, 5) is 71.1. The summed E-state index contributed by atoms with van der Waals surface area (Å²) >= 11 is 0. The fourth-order valence-electron chi connectivity index (χ4n) is 24.9. The topological polar surface area (TPSA) is 175 Å². The Bertz CT molecular complexity index is 3210. The number of nitrogens with one attached hydrogen (secondary N) is 3. The van der Waals surface area contributed by atoms with Crippen molar-refractivity contribution in [1.29, 1.82) is 0 Å². The molecule has 5 aliphatic rings. The van der Waals surface area contributed by atoms with E-state index in [0.29, 0.717) is 17.9 Å². The SMILES string of the molecule is CCCCC(CCCC)c1nc(C(CCCC)CCCC)nc(N(CCCCCCN(c2nc(N(CCCCCCN(c3nc(N(CCCC)CCCC)nc(N(CCCC)CCCC)n3)C3CC(C)(C)NC(C)(C)C3)C3CC(C)(C)CC(C)(C)C3)nc(N(CCCC)C3CC(C)(C)NC(C)(C)C3)n2)C2CC(C)(C)CC(C)(C)C2)C2CC(C)(C)NC(C)(C)C2)n1. The average Bonchev–Trinajstić information content (AvgIpc) is 0.777. The van der Waals surface area contributed by atoms with Gasteiger partial charge in [0.05, 0.1) is 0 Å². The first-order valence-corrected chi connectivity index (χ1v) is 52.8. The molecule has 19 heteroatoms. The van der Waals surface area contributed by atoms with E-state index in [-0.39, 0.29) is 79.1 Å². The van der Waals surface area contributed by atoms with Crippen LogP contribution in [0.2, 0.25) is 0 Å². The summed E-state index contributed by atoms with van der Waals surface area (Å²) in [5, 5.41) is 12.2. The van der Waals surface area contributed by atoms with Gasteiger partial charge in [-0.3, -0.25) is 0 Å². The molecule has 3 N–H and O–H groups in total. The molecule has 2 aliphatic carbocycles. The summed E-state index contributed by atoms with van der Waals surface area (Å²) in [7, 11) is 0. The number of nitrogens with zero attached hydrogens (tertiary/aromatic N) is 16.